The van der Waals surface area contributed by atoms with Gasteiger partial charge in [-0.15, -0.1) is 0 Å². The van der Waals surface area contributed by atoms with E-state index in [1.54, 1.807) is 26.0 Å². The van der Waals surface area contributed by atoms with Crippen molar-refractivity contribution in [1.82, 2.24) is 15.2 Å². The summed E-state index contributed by atoms with van der Waals surface area (Å²) in [7, 11) is 0. The van der Waals surface area contributed by atoms with Crippen molar-refractivity contribution in [3.8, 4) is 11.4 Å². The number of amides is 1. The average molecular weight is 378 g/mol. The average Bonchev–Trinajstić information content (AvgIpc) is 2.96. The summed E-state index contributed by atoms with van der Waals surface area (Å²) in [6, 6.07) is 11.9. The van der Waals surface area contributed by atoms with Crippen LogP contribution in [0, 0.1) is 20.8 Å². The zero-order valence-corrected chi connectivity index (χ0v) is 16.2. The van der Waals surface area contributed by atoms with Crippen molar-refractivity contribution in [1.29, 1.82) is 0 Å². The molecule has 3 rings (SSSR count). The molecule has 1 heterocycles. The molecular weight excluding hydrogens is 356 g/mol. The number of rotatable bonds is 4. The van der Waals surface area contributed by atoms with E-state index >= 15 is 0 Å². The van der Waals surface area contributed by atoms with E-state index in [0.717, 1.165) is 16.8 Å². The second-order valence-electron chi connectivity index (χ2n) is 6.68. The fraction of sp³-hybridized carbons (Fsp3) is 0.190. The number of carbonyl (C=O) groups excluding carboxylic acids is 1. The number of phenolic OH excluding ortho intramolecular Hbond substituents is 1. The van der Waals surface area contributed by atoms with Gasteiger partial charge in [-0.25, -0.2) is 10.1 Å². The SMILES string of the molecule is C/C(=N/NC(=O)c1ccccc1O)c1c(C)[nH]n(-c2ccc(C)c(C)c2)c1=O. The van der Waals surface area contributed by atoms with Gasteiger partial charge in [-0.3, -0.25) is 14.7 Å². The molecule has 0 bridgehead atoms. The Morgan fingerprint density at radius 1 is 1.11 bits per heavy atom. The van der Waals surface area contributed by atoms with Crippen LogP contribution < -0.4 is 11.0 Å². The molecule has 3 aromatic rings. The van der Waals surface area contributed by atoms with Gasteiger partial charge >= 0.3 is 0 Å². The number of aromatic nitrogens is 2. The number of phenols is 1. The van der Waals surface area contributed by atoms with Gasteiger partial charge in [0.2, 0.25) is 0 Å². The fourth-order valence-electron chi connectivity index (χ4n) is 2.94. The van der Waals surface area contributed by atoms with Gasteiger partial charge in [0.15, 0.2) is 0 Å². The molecule has 7 heteroatoms. The van der Waals surface area contributed by atoms with Crippen LogP contribution in [-0.4, -0.2) is 26.5 Å². The number of H-pyrrole nitrogens is 1. The van der Waals surface area contributed by atoms with Crippen LogP contribution in [-0.2, 0) is 0 Å². The molecule has 144 valence electrons. The number of benzene rings is 2. The molecule has 2 aromatic carbocycles. The third-order valence-corrected chi connectivity index (χ3v) is 4.66. The molecule has 0 radical (unpaired) electrons. The number of hydrazone groups is 1. The van der Waals surface area contributed by atoms with Gasteiger partial charge < -0.3 is 5.11 Å². The lowest BCUT2D eigenvalue weighted by Gasteiger charge is -2.05. The standard InChI is InChI=1S/C21H22N4O3/c1-12-9-10-16(11-13(12)2)25-21(28)19(15(4)24-25)14(3)22-23-20(27)17-7-5-6-8-18(17)26/h5-11,24,26H,1-4H3,(H,23,27)/b22-14-. The van der Waals surface area contributed by atoms with Gasteiger partial charge in [0.1, 0.15) is 5.75 Å². The summed E-state index contributed by atoms with van der Waals surface area (Å²) < 4.78 is 1.46. The molecule has 1 amide bonds. The number of para-hydroxylation sites is 1. The number of aryl methyl sites for hydroxylation is 3. The lowest BCUT2D eigenvalue weighted by molar-refractivity contribution is 0.0952. The zero-order chi connectivity index (χ0) is 20.4. The van der Waals surface area contributed by atoms with Crippen molar-refractivity contribution in [3.05, 3.63) is 80.8 Å². The zero-order valence-electron chi connectivity index (χ0n) is 16.2. The first-order chi connectivity index (χ1) is 13.3. The van der Waals surface area contributed by atoms with Gasteiger partial charge in [0.05, 0.1) is 22.5 Å². The molecule has 0 spiro atoms. The Hall–Kier alpha value is -3.61. The number of hydrogen-bond acceptors (Lipinski definition) is 4. The Kier molecular flexibility index (Phi) is 5.17. The van der Waals surface area contributed by atoms with Gasteiger partial charge in [-0.2, -0.15) is 5.10 Å². The highest BCUT2D eigenvalue weighted by molar-refractivity contribution is 6.02. The summed E-state index contributed by atoms with van der Waals surface area (Å²) in [4.78, 5) is 25.1. The lowest BCUT2D eigenvalue weighted by Crippen LogP contribution is -2.23. The van der Waals surface area contributed by atoms with Gasteiger partial charge in [0.25, 0.3) is 11.5 Å². The molecule has 0 aliphatic rings. The van der Waals surface area contributed by atoms with Crippen LogP contribution in [0.25, 0.3) is 5.69 Å². The first-order valence-corrected chi connectivity index (χ1v) is 8.82. The highest BCUT2D eigenvalue weighted by atomic mass is 16.3. The highest BCUT2D eigenvalue weighted by Crippen LogP contribution is 2.16. The van der Waals surface area contributed by atoms with Crippen molar-refractivity contribution >= 4 is 11.6 Å². The second kappa shape index (κ2) is 7.56. The van der Waals surface area contributed by atoms with Crippen LogP contribution in [0.4, 0.5) is 0 Å². The summed E-state index contributed by atoms with van der Waals surface area (Å²) >= 11 is 0. The van der Waals surface area contributed by atoms with Crippen LogP contribution in [0.15, 0.2) is 52.4 Å². The summed E-state index contributed by atoms with van der Waals surface area (Å²) in [6.07, 6.45) is 0. The minimum atomic E-state index is -0.555. The highest BCUT2D eigenvalue weighted by Gasteiger charge is 2.16. The first-order valence-electron chi connectivity index (χ1n) is 8.82. The van der Waals surface area contributed by atoms with Crippen molar-refractivity contribution < 1.29 is 9.90 Å². The van der Waals surface area contributed by atoms with E-state index in [2.05, 4.69) is 15.6 Å². The maximum absolute atomic E-state index is 12.9. The molecular formula is C21H22N4O3. The van der Waals surface area contributed by atoms with Crippen LogP contribution >= 0.6 is 0 Å². The largest absolute Gasteiger partial charge is 0.507 e. The normalized spacial score (nSPS) is 11.5. The monoisotopic (exact) mass is 378 g/mol. The Morgan fingerprint density at radius 3 is 2.50 bits per heavy atom. The second-order valence-corrected chi connectivity index (χ2v) is 6.68. The first kappa shape index (κ1) is 19.2. The maximum atomic E-state index is 12.9. The number of nitrogens with zero attached hydrogens (tertiary/aromatic N) is 2. The van der Waals surface area contributed by atoms with E-state index in [0.29, 0.717) is 17.0 Å². The van der Waals surface area contributed by atoms with Crippen LogP contribution in [0.2, 0.25) is 0 Å². The molecule has 0 saturated carbocycles. The van der Waals surface area contributed by atoms with Crippen molar-refractivity contribution in [2.45, 2.75) is 27.7 Å². The van der Waals surface area contributed by atoms with E-state index in [-0.39, 0.29) is 16.9 Å². The van der Waals surface area contributed by atoms with E-state index in [1.165, 1.54) is 16.8 Å². The molecule has 0 aliphatic carbocycles. The Morgan fingerprint density at radius 2 is 1.82 bits per heavy atom. The predicted molar refractivity (Wildman–Crippen MR) is 108 cm³/mol. The third kappa shape index (κ3) is 3.59. The smallest absolute Gasteiger partial charge is 0.280 e. The summed E-state index contributed by atoms with van der Waals surface area (Å²) in [5, 5.41) is 16.9. The summed E-state index contributed by atoms with van der Waals surface area (Å²) in [6.45, 7) is 7.42. The maximum Gasteiger partial charge on any atom is 0.280 e. The molecule has 0 saturated heterocycles. The molecule has 0 atom stereocenters. The molecule has 0 unspecified atom stereocenters. The number of aromatic hydroxyl groups is 1. The minimum Gasteiger partial charge on any atom is -0.507 e. The van der Waals surface area contributed by atoms with E-state index in [1.807, 2.05) is 32.0 Å². The predicted octanol–water partition coefficient (Wildman–Crippen LogP) is 2.95. The van der Waals surface area contributed by atoms with Crippen LogP contribution in [0.1, 0.15) is 39.7 Å². The number of nitrogens with one attached hydrogen (secondary N) is 2. The lowest BCUT2D eigenvalue weighted by atomic mass is 10.1. The Labute approximate surface area is 162 Å². The van der Waals surface area contributed by atoms with Crippen LogP contribution in [0.3, 0.4) is 0 Å². The molecule has 7 nitrogen and oxygen atoms in total. The third-order valence-electron chi connectivity index (χ3n) is 4.66. The van der Waals surface area contributed by atoms with Gasteiger partial charge in [-0.1, -0.05) is 18.2 Å². The quantitative estimate of drug-likeness (QED) is 0.481. The summed E-state index contributed by atoms with van der Waals surface area (Å²) in [5.74, 6) is -0.692. The van der Waals surface area contributed by atoms with E-state index < -0.39 is 5.91 Å². The van der Waals surface area contributed by atoms with E-state index in [9.17, 15) is 14.7 Å². The van der Waals surface area contributed by atoms with Crippen LogP contribution in [0.5, 0.6) is 5.75 Å². The Bertz CT molecular complexity index is 1140. The van der Waals surface area contributed by atoms with Gasteiger partial charge in [-0.05, 0) is 63.1 Å². The van der Waals surface area contributed by atoms with E-state index in [4.69, 9.17) is 0 Å². The molecule has 28 heavy (non-hydrogen) atoms. The minimum absolute atomic E-state index is 0.109. The Balaban J connectivity index is 1.91. The number of carbonyl (C=O) groups is 1. The summed E-state index contributed by atoms with van der Waals surface area (Å²) in [5.41, 5.74) is 6.59. The fourth-order valence-corrected chi connectivity index (χ4v) is 2.94. The molecule has 1 aromatic heterocycles. The molecule has 3 N–H and O–H groups in total. The molecule has 0 fully saturated rings. The van der Waals surface area contributed by atoms with Crippen molar-refractivity contribution in [2.24, 2.45) is 5.10 Å². The number of aromatic amines is 1. The van der Waals surface area contributed by atoms with Gasteiger partial charge in [0, 0.05) is 5.69 Å². The van der Waals surface area contributed by atoms with Crippen molar-refractivity contribution in [3.63, 3.8) is 0 Å². The molecule has 0 aliphatic heterocycles. The number of hydrogen-bond donors (Lipinski definition) is 3. The van der Waals surface area contributed by atoms with Crippen molar-refractivity contribution in [2.75, 3.05) is 0 Å². The topological polar surface area (TPSA) is 99.5 Å².